The summed E-state index contributed by atoms with van der Waals surface area (Å²) in [5, 5.41) is 6.55. The number of hydrogen-bond donors (Lipinski definition) is 1. The third-order valence-corrected chi connectivity index (χ3v) is 6.63. The smallest absolute Gasteiger partial charge is 0.350 e. The van der Waals surface area contributed by atoms with Gasteiger partial charge in [-0.2, -0.15) is 5.10 Å². The van der Waals surface area contributed by atoms with Crippen LogP contribution in [0, 0.1) is 5.82 Å². The zero-order valence-corrected chi connectivity index (χ0v) is 21.2. The topological polar surface area (TPSA) is 105 Å². The number of anilines is 2. The van der Waals surface area contributed by atoms with E-state index in [1.54, 1.807) is 67.5 Å². The molecule has 1 fully saturated rings. The minimum absolute atomic E-state index is 0.243. The van der Waals surface area contributed by atoms with Gasteiger partial charge in [0.15, 0.2) is 0 Å². The Morgan fingerprint density at radius 2 is 1.79 bits per heavy atom. The van der Waals surface area contributed by atoms with Crippen LogP contribution in [0.15, 0.2) is 65.8 Å². The van der Waals surface area contributed by atoms with E-state index in [-0.39, 0.29) is 17.6 Å². The van der Waals surface area contributed by atoms with Gasteiger partial charge in [0, 0.05) is 49.6 Å². The normalized spacial score (nSPS) is 13.3. The SMILES string of the molecule is CCc1c(N2CCN(c3cccc(C(=O)NC)c3)C2=O)ncc(F)c1-c1ccc(-n2cnn(C)c2=O)cc1. The van der Waals surface area contributed by atoms with Crippen LogP contribution in [0.1, 0.15) is 22.8 Å². The van der Waals surface area contributed by atoms with Crippen molar-refractivity contribution in [1.29, 1.82) is 0 Å². The Morgan fingerprint density at radius 1 is 1.05 bits per heavy atom. The zero-order chi connectivity index (χ0) is 27.0. The largest absolute Gasteiger partial charge is 0.355 e. The number of benzene rings is 2. The highest BCUT2D eigenvalue weighted by Gasteiger charge is 2.34. The Bertz CT molecular complexity index is 1590. The molecule has 11 heteroatoms. The fourth-order valence-electron chi connectivity index (χ4n) is 4.68. The van der Waals surface area contributed by atoms with Crippen LogP contribution in [0.4, 0.5) is 20.7 Å². The number of carbonyl (C=O) groups excluding carboxylic acids is 2. The molecule has 4 aromatic rings. The molecule has 3 amide bonds. The molecule has 0 saturated carbocycles. The Hall–Kier alpha value is -4.80. The van der Waals surface area contributed by atoms with Gasteiger partial charge in [-0.3, -0.25) is 14.6 Å². The first-order valence-electron chi connectivity index (χ1n) is 12.1. The molecular weight excluding hydrogens is 489 g/mol. The summed E-state index contributed by atoms with van der Waals surface area (Å²) in [5.41, 5.74) is 2.92. The maximum absolute atomic E-state index is 15.2. The van der Waals surface area contributed by atoms with Gasteiger partial charge < -0.3 is 5.32 Å². The molecule has 1 aliphatic heterocycles. The van der Waals surface area contributed by atoms with Crippen LogP contribution in [0.3, 0.4) is 0 Å². The van der Waals surface area contributed by atoms with Crippen LogP contribution in [-0.2, 0) is 13.5 Å². The van der Waals surface area contributed by atoms with Gasteiger partial charge in [-0.25, -0.2) is 28.2 Å². The van der Waals surface area contributed by atoms with Crippen molar-refractivity contribution < 1.29 is 14.0 Å². The number of pyridine rings is 1. The molecule has 2 aromatic carbocycles. The van der Waals surface area contributed by atoms with Gasteiger partial charge in [0.25, 0.3) is 5.91 Å². The van der Waals surface area contributed by atoms with Crippen molar-refractivity contribution in [2.45, 2.75) is 13.3 Å². The van der Waals surface area contributed by atoms with E-state index < -0.39 is 5.82 Å². The van der Waals surface area contributed by atoms with Gasteiger partial charge in [0.1, 0.15) is 18.0 Å². The number of aryl methyl sites for hydroxylation is 1. The van der Waals surface area contributed by atoms with Crippen LogP contribution in [0.2, 0.25) is 0 Å². The summed E-state index contributed by atoms with van der Waals surface area (Å²) < 4.78 is 17.8. The number of halogens is 1. The Labute approximate surface area is 217 Å². The first kappa shape index (κ1) is 24.9. The lowest BCUT2D eigenvalue weighted by molar-refractivity contribution is 0.0963. The number of aromatic nitrogens is 4. The number of rotatable bonds is 6. The highest BCUT2D eigenvalue weighted by molar-refractivity contribution is 6.07. The molecule has 5 rings (SSSR count). The molecule has 0 bridgehead atoms. The van der Waals surface area contributed by atoms with Gasteiger partial charge in [0.05, 0.1) is 11.9 Å². The minimum Gasteiger partial charge on any atom is -0.355 e. The number of nitrogens with one attached hydrogen (secondary N) is 1. The first-order valence-corrected chi connectivity index (χ1v) is 12.1. The van der Waals surface area contributed by atoms with Crippen LogP contribution >= 0.6 is 0 Å². The first-order chi connectivity index (χ1) is 18.3. The van der Waals surface area contributed by atoms with Crippen molar-refractivity contribution in [2.75, 3.05) is 29.9 Å². The molecule has 38 heavy (non-hydrogen) atoms. The van der Waals surface area contributed by atoms with Crippen molar-refractivity contribution >= 4 is 23.4 Å². The lowest BCUT2D eigenvalue weighted by atomic mass is 9.98. The summed E-state index contributed by atoms with van der Waals surface area (Å²) in [6.45, 7) is 2.64. The number of hydrogen-bond acceptors (Lipinski definition) is 5. The van der Waals surface area contributed by atoms with E-state index in [0.29, 0.717) is 59.0 Å². The summed E-state index contributed by atoms with van der Waals surface area (Å²) in [6.07, 6.45) is 3.00. The molecular formula is C27H26FN7O3. The second-order valence-corrected chi connectivity index (χ2v) is 8.81. The molecule has 1 N–H and O–H groups in total. The summed E-state index contributed by atoms with van der Waals surface area (Å²) in [7, 11) is 3.11. The maximum atomic E-state index is 15.2. The lowest BCUT2D eigenvalue weighted by Crippen LogP contribution is -2.33. The summed E-state index contributed by atoms with van der Waals surface area (Å²) >= 11 is 0. The predicted octanol–water partition coefficient (Wildman–Crippen LogP) is 3.14. The molecule has 0 aliphatic carbocycles. The van der Waals surface area contributed by atoms with Gasteiger partial charge in [-0.15, -0.1) is 0 Å². The van der Waals surface area contributed by atoms with Crippen LogP contribution in [-0.4, -0.2) is 51.4 Å². The van der Waals surface area contributed by atoms with E-state index >= 15 is 4.39 Å². The van der Waals surface area contributed by atoms with Gasteiger partial charge in [-0.05, 0) is 42.3 Å². The molecule has 2 aromatic heterocycles. The van der Waals surface area contributed by atoms with E-state index in [2.05, 4.69) is 15.4 Å². The van der Waals surface area contributed by atoms with Crippen molar-refractivity contribution in [3.8, 4) is 16.8 Å². The molecule has 0 unspecified atom stereocenters. The maximum Gasteiger partial charge on any atom is 0.350 e. The fourth-order valence-corrected chi connectivity index (χ4v) is 4.68. The Kier molecular flexibility index (Phi) is 6.50. The molecule has 10 nitrogen and oxygen atoms in total. The molecule has 0 radical (unpaired) electrons. The number of amides is 3. The third-order valence-electron chi connectivity index (χ3n) is 6.63. The van der Waals surface area contributed by atoms with Crippen molar-refractivity contribution in [2.24, 2.45) is 7.05 Å². The van der Waals surface area contributed by atoms with E-state index in [4.69, 9.17) is 0 Å². The summed E-state index contributed by atoms with van der Waals surface area (Å²) in [5.74, 6) is -0.349. The molecule has 0 spiro atoms. The third kappa shape index (κ3) is 4.21. The summed E-state index contributed by atoms with van der Waals surface area (Å²) in [6, 6.07) is 13.5. The second-order valence-electron chi connectivity index (χ2n) is 8.81. The second kappa shape index (κ2) is 9.92. The average molecular weight is 516 g/mol. The number of urea groups is 1. The summed E-state index contributed by atoms with van der Waals surface area (Å²) in [4.78, 5) is 45.2. The van der Waals surface area contributed by atoms with E-state index in [9.17, 15) is 14.4 Å². The Morgan fingerprint density at radius 3 is 2.45 bits per heavy atom. The molecule has 194 valence electrons. The standard InChI is InChI=1S/C27H26FN7O3/c1-4-21-23(17-8-10-19(11-9-17)35-16-31-32(3)26(35)37)22(28)15-30-24(21)34-13-12-33(27(34)38)20-7-5-6-18(14-20)25(36)29-2/h5-11,14-16H,4,12-13H2,1-3H3,(H,29,36). The highest BCUT2D eigenvalue weighted by Crippen LogP contribution is 2.35. The van der Waals surface area contributed by atoms with Crippen LogP contribution in [0.5, 0.6) is 0 Å². The van der Waals surface area contributed by atoms with E-state index in [1.807, 2.05) is 6.92 Å². The highest BCUT2D eigenvalue weighted by atomic mass is 19.1. The lowest BCUT2D eigenvalue weighted by Gasteiger charge is -2.22. The van der Waals surface area contributed by atoms with Gasteiger partial charge >= 0.3 is 11.7 Å². The average Bonchev–Trinajstić information content (AvgIpc) is 3.49. The molecule has 1 saturated heterocycles. The number of nitrogens with zero attached hydrogens (tertiary/aromatic N) is 6. The van der Waals surface area contributed by atoms with E-state index in [1.165, 1.54) is 20.5 Å². The van der Waals surface area contributed by atoms with Crippen LogP contribution < -0.4 is 20.8 Å². The molecule has 0 atom stereocenters. The molecule has 1 aliphatic rings. The Balaban J connectivity index is 1.49. The van der Waals surface area contributed by atoms with Gasteiger partial charge in [-0.1, -0.05) is 25.1 Å². The quantitative estimate of drug-likeness (QED) is 0.425. The van der Waals surface area contributed by atoms with Crippen LogP contribution in [0.25, 0.3) is 16.8 Å². The predicted molar refractivity (Wildman–Crippen MR) is 141 cm³/mol. The fraction of sp³-hybridized carbons (Fsp3) is 0.222. The number of carbonyl (C=O) groups is 2. The van der Waals surface area contributed by atoms with Crippen molar-refractivity contribution in [1.82, 2.24) is 24.6 Å². The van der Waals surface area contributed by atoms with Gasteiger partial charge in [0.2, 0.25) is 0 Å². The van der Waals surface area contributed by atoms with E-state index in [0.717, 1.165) is 6.20 Å². The monoisotopic (exact) mass is 515 g/mol. The molecule has 3 heterocycles. The zero-order valence-electron chi connectivity index (χ0n) is 21.2. The van der Waals surface area contributed by atoms with Crippen molar-refractivity contribution in [3.05, 3.63) is 88.5 Å². The minimum atomic E-state index is -0.501. The van der Waals surface area contributed by atoms with Crippen molar-refractivity contribution in [3.63, 3.8) is 0 Å².